The number of hydrogen-bond acceptors (Lipinski definition) is 5. The zero-order valence-corrected chi connectivity index (χ0v) is 12.4. The number of hydrogen-bond donors (Lipinski definition) is 0. The van der Waals surface area contributed by atoms with Crippen LogP contribution in [-0.4, -0.2) is 19.7 Å². The largest absolute Gasteiger partial charge is 0.419 e. The topological polar surface area (TPSA) is 69.9 Å². The van der Waals surface area contributed by atoms with Gasteiger partial charge >= 0.3 is 0 Å². The van der Waals surface area contributed by atoms with E-state index in [0.717, 1.165) is 0 Å². The van der Waals surface area contributed by atoms with E-state index in [1.807, 2.05) is 18.2 Å². The minimum Gasteiger partial charge on any atom is -0.419 e. The average Bonchev–Trinajstić information content (AvgIpc) is 2.49. The van der Waals surface area contributed by atoms with E-state index in [4.69, 9.17) is 16.3 Å². The summed E-state index contributed by atoms with van der Waals surface area (Å²) in [6, 6.07) is 13.6. The Bertz CT molecular complexity index is 845. The molecule has 0 aliphatic rings. The molecule has 0 amide bonds. The lowest BCUT2D eigenvalue weighted by Crippen LogP contribution is -2.20. The van der Waals surface area contributed by atoms with Crippen molar-refractivity contribution in [1.29, 1.82) is 0 Å². The van der Waals surface area contributed by atoms with Crippen molar-refractivity contribution >= 4 is 11.6 Å². The third-order valence-corrected chi connectivity index (χ3v) is 2.96. The molecule has 2 aromatic heterocycles. The fourth-order valence-corrected chi connectivity index (χ4v) is 2.08. The van der Waals surface area contributed by atoms with Crippen LogP contribution in [-0.2, 0) is 0 Å². The van der Waals surface area contributed by atoms with Gasteiger partial charge in [-0.05, 0) is 30.7 Å². The maximum Gasteiger partial charge on any atom is 0.271 e. The molecule has 0 aliphatic heterocycles. The molecule has 0 saturated carbocycles. The monoisotopic (exact) mass is 314 g/mol. The second kappa shape index (κ2) is 5.95. The van der Waals surface area contributed by atoms with Crippen molar-refractivity contribution in [2.75, 3.05) is 0 Å². The van der Waals surface area contributed by atoms with Gasteiger partial charge in [0.05, 0.1) is 5.69 Å². The molecule has 7 heteroatoms. The molecule has 0 unspecified atom stereocenters. The van der Waals surface area contributed by atoms with Gasteiger partial charge in [0.25, 0.3) is 5.56 Å². The highest BCUT2D eigenvalue weighted by molar-refractivity contribution is 6.28. The summed E-state index contributed by atoms with van der Waals surface area (Å²) in [5, 5.41) is 4.26. The van der Waals surface area contributed by atoms with Crippen LogP contribution in [0.25, 0.3) is 5.69 Å². The van der Waals surface area contributed by atoms with E-state index in [-0.39, 0.29) is 22.6 Å². The van der Waals surface area contributed by atoms with Crippen LogP contribution in [0.3, 0.4) is 0 Å². The number of para-hydroxylation sites is 1. The maximum absolute atomic E-state index is 11.9. The van der Waals surface area contributed by atoms with E-state index in [1.165, 1.54) is 16.8 Å². The Morgan fingerprint density at radius 1 is 1.05 bits per heavy atom. The Balaban J connectivity index is 1.97. The molecule has 3 rings (SSSR count). The average molecular weight is 315 g/mol. The number of benzene rings is 1. The smallest absolute Gasteiger partial charge is 0.271 e. The molecule has 3 aromatic rings. The number of aromatic nitrogens is 4. The Kier molecular flexibility index (Phi) is 3.84. The lowest BCUT2D eigenvalue weighted by Gasteiger charge is -2.08. The van der Waals surface area contributed by atoms with Gasteiger partial charge in [-0.15, -0.1) is 5.10 Å². The van der Waals surface area contributed by atoms with Gasteiger partial charge in [0.1, 0.15) is 0 Å². The van der Waals surface area contributed by atoms with Gasteiger partial charge in [0, 0.05) is 23.9 Å². The van der Waals surface area contributed by atoms with E-state index in [1.54, 1.807) is 25.1 Å². The summed E-state index contributed by atoms with van der Waals surface area (Å²) < 4.78 is 6.81. The van der Waals surface area contributed by atoms with Gasteiger partial charge in [-0.2, -0.15) is 9.67 Å². The minimum atomic E-state index is -0.254. The maximum atomic E-state index is 11.9. The third kappa shape index (κ3) is 3.12. The molecule has 0 radical (unpaired) electrons. The van der Waals surface area contributed by atoms with E-state index in [0.29, 0.717) is 11.4 Å². The highest BCUT2D eigenvalue weighted by atomic mass is 35.5. The molecule has 0 N–H and O–H groups in total. The first-order chi connectivity index (χ1) is 10.6. The van der Waals surface area contributed by atoms with E-state index < -0.39 is 0 Å². The van der Waals surface area contributed by atoms with Crippen LogP contribution in [0.15, 0.2) is 53.3 Å². The van der Waals surface area contributed by atoms with Crippen molar-refractivity contribution < 1.29 is 4.74 Å². The molecule has 6 nitrogen and oxygen atoms in total. The molecule has 0 fully saturated rings. The van der Waals surface area contributed by atoms with Gasteiger partial charge in [-0.25, -0.2) is 4.98 Å². The molecule has 0 bridgehead atoms. The van der Waals surface area contributed by atoms with Gasteiger partial charge in [0.2, 0.25) is 17.0 Å². The first-order valence-corrected chi connectivity index (χ1v) is 6.84. The fraction of sp³-hybridized carbons (Fsp3) is 0.0667. The third-order valence-electron chi connectivity index (χ3n) is 2.79. The molecule has 0 saturated heterocycles. The summed E-state index contributed by atoms with van der Waals surface area (Å²) in [7, 11) is 0. The Labute approximate surface area is 131 Å². The summed E-state index contributed by atoms with van der Waals surface area (Å²) in [6.07, 6.45) is 0. The van der Waals surface area contributed by atoms with Crippen LogP contribution < -0.4 is 10.3 Å². The van der Waals surface area contributed by atoms with Crippen molar-refractivity contribution in [2.24, 2.45) is 0 Å². The number of aryl methyl sites for hydroxylation is 1. The zero-order chi connectivity index (χ0) is 15.5. The van der Waals surface area contributed by atoms with Gasteiger partial charge in [-0.1, -0.05) is 18.2 Å². The first-order valence-electron chi connectivity index (χ1n) is 6.47. The van der Waals surface area contributed by atoms with Crippen LogP contribution in [0.1, 0.15) is 5.69 Å². The summed E-state index contributed by atoms with van der Waals surface area (Å²) >= 11 is 5.79. The van der Waals surface area contributed by atoms with E-state index in [9.17, 15) is 4.79 Å². The molecule has 1 aromatic carbocycles. The standard InChI is InChI=1S/C15H11ClN4O2/c1-10-9-13(18-15(16)17-10)22-12-7-8-14(21)20(19-12)11-5-3-2-4-6-11/h2-9H,1H3. The van der Waals surface area contributed by atoms with E-state index in [2.05, 4.69) is 15.1 Å². The van der Waals surface area contributed by atoms with Crippen LogP contribution >= 0.6 is 11.6 Å². The van der Waals surface area contributed by atoms with Crippen LogP contribution in [0, 0.1) is 6.92 Å². The minimum absolute atomic E-state index is 0.0892. The molecule has 0 spiro atoms. The summed E-state index contributed by atoms with van der Waals surface area (Å²) in [6.45, 7) is 1.78. The second-order valence-electron chi connectivity index (χ2n) is 4.48. The van der Waals surface area contributed by atoms with Crippen LogP contribution in [0.5, 0.6) is 11.8 Å². The van der Waals surface area contributed by atoms with Crippen molar-refractivity contribution in [2.45, 2.75) is 6.92 Å². The number of halogens is 1. The van der Waals surface area contributed by atoms with E-state index >= 15 is 0 Å². The molecule has 22 heavy (non-hydrogen) atoms. The quantitative estimate of drug-likeness (QED) is 0.695. The number of ether oxygens (including phenoxy) is 1. The van der Waals surface area contributed by atoms with Crippen molar-refractivity contribution in [3.8, 4) is 17.4 Å². The first kappa shape index (κ1) is 14.2. The lowest BCUT2D eigenvalue weighted by atomic mass is 10.3. The lowest BCUT2D eigenvalue weighted by molar-refractivity contribution is 0.429. The van der Waals surface area contributed by atoms with Gasteiger partial charge in [0.15, 0.2) is 0 Å². The molecule has 2 heterocycles. The van der Waals surface area contributed by atoms with Crippen LogP contribution in [0.2, 0.25) is 5.28 Å². The van der Waals surface area contributed by atoms with Gasteiger partial charge < -0.3 is 4.74 Å². The predicted molar refractivity (Wildman–Crippen MR) is 81.7 cm³/mol. The normalized spacial score (nSPS) is 10.5. The SMILES string of the molecule is Cc1cc(Oc2ccc(=O)n(-c3ccccc3)n2)nc(Cl)n1. The highest BCUT2D eigenvalue weighted by Gasteiger charge is 2.07. The highest BCUT2D eigenvalue weighted by Crippen LogP contribution is 2.18. The fourth-order valence-electron chi connectivity index (χ4n) is 1.87. The molecule has 0 atom stereocenters. The molecular formula is C15H11ClN4O2. The van der Waals surface area contributed by atoms with Crippen molar-refractivity contribution in [1.82, 2.24) is 19.7 Å². The molecule has 0 aliphatic carbocycles. The summed E-state index contributed by atoms with van der Waals surface area (Å²) in [4.78, 5) is 19.8. The predicted octanol–water partition coefficient (Wildman–Crippen LogP) is 2.78. The van der Waals surface area contributed by atoms with Crippen LogP contribution in [0.4, 0.5) is 0 Å². The molecular weight excluding hydrogens is 304 g/mol. The molecule has 110 valence electrons. The Hall–Kier alpha value is -2.73. The van der Waals surface area contributed by atoms with Gasteiger partial charge in [-0.3, -0.25) is 4.79 Å². The number of nitrogens with zero attached hydrogens (tertiary/aromatic N) is 4. The Morgan fingerprint density at radius 3 is 2.55 bits per heavy atom. The zero-order valence-electron chi connectivity index (χ0n) is 11.6. The summed E-state index contributed by atoms with van der Waals surface area (Å²) in [5.41, 5.74) is 1.07. The second-order valence-corrected chi connectivity index (χ2v) is 4.81. The van der Waals surface area contributed by atoms with Crippen molar-refractivity contribution in [3.63, 3.8) is 0 Å². The Morgan fingerprint density at radius 2 is 1.82 bits per heavy atom. The number of rotatable bonds is 3. The van der Waals surface area contributed by atoms with Crippen molar-refractivity contribution in [3.05, 3.63) is 69.9 Å². The summed E-state index contributed by atoms with van der Waals surface area (Å²) in [5.74, 6) is 0.501.